The maximum Gasteiger partial charge on any atom is 0.226 e. The lowest BCUT2D eigenvalue weighted by Gasteiger charge is -2.32. The third-order valence-electron chi connectivity index (χ3n) is 5.40. The third-order valence-corrected chi connectivity index (χ3v) is 7.17. The Bertz CT molecular complexity index is 782. The molecule has 0 saturated carbocycles. The smallest absolute Gasteiger partial charge is 0.226 e. The Morgan fingerprint density at radius 1 is 1.15 bits per heavy atom. The topological polar surface area (TPSA) is 83.6 Å². The Morgan fingerprint density at radius 3 is 2.46 bits per heavy atom. The lowest BCUT2D eigenvalue weighted by molar-refractivity contribution is -0.135. The molecule has 1 atom stereocenters. The molecule has 7 heteroatoms. The van der Waals surface area contributed by atoms with Crippen LogP contribution in [0.1, 0.15) is 30.4 Å². The lowest BCUT2D eigenvalue weighted by atomic mass is 9.95. The molecule has 2 saturated heterocycles. The molecule has 2 fully saturated rings. The summed E-state index contributed by atoms with van der Waals surface area (Å²) in [7, 11) is -2.99. The highest BCUT2D eigenvalue weighted by molar-refractivity contribution is 7.91. The predicted molar refractivity (Wildman–Crippen MR) is 99.4 cm³/mol. The number of nitrogens with zero attached hydrogens (tertiary/aromatic N) is 1. The van der Waals surface area contributed by atoms with Crippen LogP contribution < -0.4 is 5.32 Å². The van der Waals surface area contributed by atoms with Gasteiger partial charge < -0.3 is 10.2 Å². The van der Waals surface area contributed by atoms with E-state index in [0.717, 1.165) is 11.1 Å². The number of rotatable bonds is 4. The maximum absolute atomic E-state index is 12.5. The van der Waals surface area contributed by atoms with E-state index in [4.69, 9.17) is 0 Å². The molecule has 1 unspecified atom stereocenters. The van der Waals surface area contributed by atoms with Gasteiger partial charge in [-0.05, 0) is 37.3 Å². The Kier molecular flexibility index (Phi) is 5.65. The van der Waals surface area contributed by atoms with E-state index in [9.17, 15) is 18.0 Å². The van der Waals surface area contributed by atoms with Crippen molar-refractivity contribution in [2.24, 2.45) is 5.92 Å². The van der Waals surface area contributed by atoms with Gasteiger partial charge in [0.05, 0.1) is 17.9 Å². The second-order valence-corrected chi connectivity index (χ2v) is 9.60. The number of piperidine rings is 1. The van der Waals surface area contributed by atoms with Gasteiger partial charge in [-0.1, -0.05) is 24.3 Å². The third kappa shape index (κ3) is 4.63. The van der Waals surface area contributed by atoms with Gasteiger partial charge >= 0.3 is 0 Å². The van der Waals surface area contributed by atoms with Crippen LogP contribution in [0.3, 0.4) is 0 Å². The predicted octanol–water partition coefficient (Wildman–Crippen LogP) is 1.08. The number of carbonyl (C=O) groups is 2. The van der Waals surface area contributed by atoms with Gasteiger partial charge in [0.2, 0.25) is 11.8 Å². The quantitative estimate of drug-likeness (QED) is 0.850. The Hall–Kier alpha value is -1.89. The van der Waals surface area contributed by atoms with Crippen LogP contribution in [0.25, 0.3) is 0 Å². The summed E-state index contributed by atoms with van der Waals surface area (Å²) in [5, 5.41) is 2.87. The molecule has 2 aliphatic heterocycles. The minimum Gasteiger partial charge on any atom is -0.352 e. The average Bonchev–Trinajstić information content (AvgIpc) is 2.95. The number of sulfone groups is 1. The number of nitrogens with one attached hydrogen (secondary N) is 1. The zero-order valence-electron chi connectivity index (χ0n) is 15.1. The van der Waals surface area contributed by atoms with Gasteiger partial charge in [0.25, 0.3) is 0 Å². The monoisotopic (exact) mass is 378 g/mol. The van der Waals surface area contributed by atoms with Crippen LogP contribution in [0.5, 0.6) is 0 Å². The molecule has 1 aromatic rings. The van der Waals surface area contributed by atoms with Crippen molar-refractivity contribution in [2.45, 2.75) is 38.6 Å². The summed E-state index contributed by atoms with van der Waals surface area (Å²) in [4.78, 5) is 26.7. The zero-order chi connectivity index (χ0) is 18.7. The first-order valence-electron chi connectivity index (χ1n) is 9.17. The van der Waals surface area contributed by atoms with E-state index in [0.29, 0.717) is 38.8 Å². The first-order chi connectivity index (χ1) is 12.3. The highest BCUT2D eigenvalue weighted by atomic mass is 32.2. The molecule has 1 aromatic carbocycles. The van der Waals surface area contributed by atoms with Crippen LogP contribution in [-0.4, -0.2) is 55.8 Å². The normalized spacial score (nSPS) is 23.0. The van der Waals surface area contributed by atoms with Crippen LogP contribution in [0.15, 0.2) is 24.3 Å². The summed E-state index contributed by atoms with van der Waals surface area (Å²) < 4.78 is 23.0. The largest absolute Gasteiger partial charge is 0.352 e. The number of likely N-dealkylation sites (tertiary alicyclic amines) is 1. The second kappa shape index (κ2) is 7.78. The molecule has 3 rings (SSSR count). The van der Waals surface area contributed by atoms with Crippen LogP contribution in [0, 0.1) is 12.8 Å². The minimum atomic E-state index is -2.99. The SMILES string of the molecule is Cc1ccccc1CC(=O)N1CCC(C(=O)NC2CCS(=O)(=O)C2)CC1. The van der Waals surface area contributed by atoms with E-state index in [1.807, 2.05) is 36.1 Å². The molecule has 26 heavy (non-hydrogen) atoms. The first kappa shape index (κ1) is 18.9. The molecule has 6 nitrogen and oxygen atoms in total. The fourth-order valence-corrected chi connectivity index (χ4v) is 5.38. The standard InChI is InChI=1S/C19H26N2O4S/c1-14-4-2-3-5-16(14)12-18(22)21-9-6-15(7-10-21)19(23)20-17-8-11-26(24,25)13-17/h2-5,15,17H,6-13H2,1H3,(H,20,23). The van der Waals surface area contributed by atoms with Gasteiger partial charge in [-0.25, -0.2) is 8.42 Å². The van der Waals surface area contributed by atoms with Crippen molar-refractivity contribution >= 4 is 21.7 Å². The summed E-state index contributed by atoms with van der Waals surface area (Å²) in [5.74, 6) is 0.0926. The van der Waals surface area contributed by atoms with Crippen molar-refractivity contribution in [1.29, 1.82) is 0 Å². The molecule has 2 aliphatic rings. The molecule has 0 aromatic heterocycles. The van der Waals surface area contributed by atoms with E-state index in [1.54, 1.807) is 0 Å². The fraction of sp³-hybridized carbons (Fsp3) is 0.579. The molecule has 2 heterocycles. The first-order valence-corrected chi connectivity index (χ1v) is 11.0. The van der Waals surface area contributed by atoms with Gasteiger partial charge in [0.1, 0.15) is 0 Å². The maximum atomic E-state index is 12.5. The van der Waals surface area contributed by atoms with Crippen LogP contribution >= 0.6 is 0 Å². The van der Waals surface area contributed by atoms with E-state index >= 15 is 0 Å². The molecule has 0 spiro atoms. The Balaban J connectivity index is 1.47. The van der Waals surface area contributed by atoms with Crippen LogP contribution in [0.4, 0.5) is 0 Å². The van der Waals surface area contributed by atoms with Crippen molar-refractivity contribution < 1.29 is 18.0 Å². The molecule has 142 valence electrons. The highest BCUT2D eigenvalue weighted by Crippen LogP contribution is 2.20. The van der Waals surface area contributed by atoms with Gasteiger partial charge in [0.15, 0.2) is 9.84 Å². The second-order valence-electron chi connectivity index (χ2n) is 7.37. The summed E-state index contributed by atoms with van der Waals surface area (Å²) >= 11 is 0. The van der Waals surface area contributed by atoms with Gasteiger partial charge in [-0.2, -0.15) is 0 Å². The van der Waals surface area contributed by atoms with Crippen molar-refractivity contribution in [3.63, 3.8) is 0 Å². The summed E-state index contributed by atoms with van der Waals surface area (Å²) in [5.41, 5.74) is 2.15. The fourth-order valence-electron chi connectivity index (χ4n) is 3.70. The van der Waals surface area contributed by atoms with E-state index in [1.165, 1.54) is 0 Å². The van der Waals surface area contributed by atoms with Crippen molar-refractivity contribution in [3.05, 3.63) is 35.4 Å². The summed E-state index contributed by atoms with van der Waals surface area (Å²) in [6.45, 7) is 3.15. The highest BCUT2D eigenvalue weighted by Gasteiger charge is 2.32. The molecule has 2 amide bonds. The summed E-state index contributed by atoms with van der Waals surface area (Å²) in [6.07, 6.45) is 2.15. The van der Waals surface area contributed by atoms with Crippen molar-refractivity contribution in [2.75, 3.05) is 24.6 Å². The van der Waals surface area contributed by atoms with E-state index in [-0.39, 0.29) is 35.3 Å². The van der Waals surface area contributed by atoms with Gasteiger partial charge in [0, 0.05) is 25.0 Å². The zero-order valence-corrected chi connectivity index (χ0v) is 15.9. The van der Waals surface area contributed by atoms with Crippen molar-refractivity contribution in [1.82, 2.24) is 10.2 Å². The van der Waals surface area contributed by atoms with Gasteiger partial charge in [-0.15, -0.1) is 0 Å². The van der Waals surface area contributed by atoms with Crippen molar-refractivity contribution in [3.8, 4) is 0 Å². The van der Waals surface area contributed by atoms with Crippen LogP contribution in [0.2, 0.25) is 0 Å². The Morgan fingerprint density at radius 2 is 1.85 bits per heavy atom. The average molecular weight is 378 g/mol. The number of hydrogen-bond donors (Lipinski definition) is 1. The molecule has 1 N–H and O–H groups in total. The van der Waals surface area contributed by atoms with E-state index < -0.39 is 9.84 Å². The minimum absolute atomic E-state index is 0.0481. The molecular formula is C19H26N2O4S. The van der Waals surface area contributed by atoms with Crippen LogP contribution in [-0.2, 0) is 25.8 Å². The number of aryl methyl sites for hydroxylation is 1. The molecule has 0 aliphatic carbocycles. The van der Waals surface area contributed by atoms with E-state index in [2.05, 4.69) is 5.32 Å². The number of amides is 2. The number of hydrogen-bond acceptors (Lipinski definition) is 4. The Labute approximate surface area is 154 Å². The number of benzene rings is 1. The lowest BCUT2D eigenvalue weighted by Crippen LogP contribution is -2.46. The number of carbonyl (C=O) groups excluding carboxylic acids is 2. The van der Waals surface area contributed by atoms with Gasteiger partial charge in [-0.3, -0.25) is 9.59 Å². The molecular weight excluding hydrogens is 352 g/mol. The molecule has 0 radical (unpaired) electrons. The molecule has 0 bridgehead atoms. The summed E-state index contributed by atoms with van der Waals surface area (Å²) in [6, 6.07) is 7.62.